The Kier molecular flexibility index (Phi) is 2.94. The van der Waals surface area contributed by atoms with Gasteiger partial charge in [0.2, 0.25) is 0 Å². The van der Waals surface area contributed by atoms with Gasteiger partial charge in [0.1, 0.15) is 0 Å². The molecule has 1 aromatic carbocycles. The Bertz CT molecular complexity index is 367. The summed E-state index contributed by atoms with van der Waals surface area (Å²) in [6.07, 6.45) is 6.20. The quantitative estimate of drug-likeness (QED) is 0.638. The summed E-state index contributed by atoms with van der Waals surface area (Å²) >= 11 is 0. The molecule has 2 aliphatic rings. The minimum Gasteiger partial charge on any atom is -0.545 e. The SMILES string of the molecule is Cc1cc[c-]c2c1OC1(CCCC1)C2.[W+2]. The summed E-state index contributed by atoms with van der Waals surface area (Å²) in [5, 5.41) is 0. The molecule has 1 aliphatic carbocycles. The Morgan fingerprint density at radius 1 is 1.33 bits per heavy atom. The third-order valence-electron chi connectivity index (χ3n) is 3.56. The average Bonchev–Trinajstić information content (AvgIpc) is 2.75. The second-order valence-corrected chi connectivity index (χ2v) is 4.64. The standard InChI is InChI=1S/C13H15O.W/c1-10-5-4-6-11-9-13(14-12(10)11)7-2-3-8-13;/h4-5H,2-3,7-9H2,1H3;/q-1;+2. The molecule has 1 aliphatic heterocycles. The second kappa shape index (κ2) is 3.94. The molecular formula is C13H15OW+. The molecule has 0 unspecified atom stereocenters. The summed E-state index contributed by atoms with van der Waals surface area (Å²) in [6.45, 7) is 2.13. The maximum atomic E-state index is 6.15. The predicted molar refractivity (Wildman–Crippen MR) is 55.5 cm³/mol. The molecule has 1 nitrogen and oxygen atoms in total. The minimum absolute atomic E-state index is 0. The Morgan fingerprint density at radius 3 is 2.73 bits per heavy atom. The van der Waals surface area contributed by atoms with E-state index in [2.05, 4.69) is 19.1 Å². The van der Waals surface area contributed by atoms with Crippen molar-refractivity contribution >= 4 is 0 Å². The van der Waals surface area contributed by atoms with Crippen LogP contribution in [0.15, 0.2) is 12.1 Å². The molecule has 15 heavy (non-hydrogen) atoms. The van der Waals surface area contributed by atoms with Crippen molar-refractivity contribution < 1.29 is 25.8 Å². The minimum atomic E-state index is 0. The van der Waals surface area contributed by atoms with Crippen molar-refractivity contribution in [3.05, 3.63) is 29.3 Å². The van der Waals surface area contributed by atoms with E-state index in [0.29, 0.717) is 0 Å². The van der Waals surface area contributed by atoms with Gasteiger partial charge < -0.3 is 4.74 Å². The Morgan fingerprint density at radius 2 is 2.07 bits per heavy atom. The first-order valence-corrected chi connectivity index (χ1v) is 5.48. The number of benzene rings is 1. The summed E-state index contributed by atoms with van der Waals surface area (Å²) in [4.78, 5) is 0. The van der Waals surface area contributed by atoms with Crippen LogP contribution in [0.1, 0.15) is 36.8 Å². The van der Waals surface area contributed by atoms with Crippen LogP contribution >= 0.6 is 0 Å². The molecule has 2 heteroatoms. The zero-order valence-corrected chi connectivity index (χ0v) is 11.9. The van der Waals surface area contributed by atoms with Crippen LogP contribution in [-0.2, 0) is 27.5 Å². The van der Waals surface area contributed by atoms with Gasteiger partial charge in [-0.3, -0.25) is 0 Å². The van der Waals surface area contributed by atoms with Crippen molar-refractivity contribution in [3.8, 4) is 5.75 Å². The number of aryl methyl sites for hydroxylation is 1. The molecule has 1 aromatic rings. The van der Waals surface area contributed by atoms with Crippen molar-refractivity contribution in [2.75, 3.05) is 0 Å². The first kappa shape index (κ1) is 11.2. The fourth-order valence-corrected chi connectivity index (χ4v) is 2.79. The fraction of sp³-hybridized carbons (Fsp3) is 0.538. The topological polar surface area (TPSA) is 9.23 Å². The van der Waals surface area contributed by atoms with Gasteiger partial charge in [0.05, 0.1) is 5.60 Å². The van der Waals surface area contributed by atoms with E-state index >= 15 is 0 Å². The molecule has 1 heterocycles. The molecular weight excluding hydrogens is 356 g/mol. The molecule has 0 radical (unpaired) electrons. The molecule has 0 N–H and O–H groups in total. The van der Waals surface area contributed by atoms with Gasteiger partial charge in [-0.15, -0.1) is 11.1 Å². The summed E-state index contributed by atoms with van der Waals surface area (Å²) < 4.78 is 6.15. The molecule has 78 valence electrons. The average molecular weight is 371 g/mol. The van der Waals surface area contributed by atoms with Crippen molar-refractivity contribution in [1.29, 1.82) is 0 Å². The Balaban J connectivity index is 0.000000853. The smallest absolute Gasteiger partial charge is 0.545 e. The van der Waals surface area contributed by atoms with Crippen LogP contribution in [-0.4, -0.2) is 5.60 Å². The van der Waals surface area contributed by atoms with E-state index < -0.39 is 0 Å². The molecule has 0 saturated heterocycles. The molecule has 1 spiro atoms. The summed E-state index contributed by atoms with van der Waals surface area (Å²) in [6, 6.07) is 7.43. The Hall–Kier alpha value is -0.292. The summed E-state index contributed by atoms with van der Waals surface area (Å²) in [7, 11) is 0. The van der Waals surface area contributed by atoms with Crippen LogP contribution in [0.4, 0.5) is 0 Å². The second-order valence-electron chi connectivity index (χ2n) is 4.64. The van der Waals surface area contributed by atoms with Crippen LogP contribution in [0, 0.1) is 13.0 Å². The molecule has 1 fully saturated rings. The normalized spacial score (nSPS) is 20.9. The van der Waals surface area contributed by atoms with Crippen LogP contribution in [0.25, 0.3) is 0 Å². The number of rotatable bonds is 0. The molecule has 0 aromatic heterocycles. The monoisotopic (exact) mass is 371 g/mol. The number of ether oxygens (including phenoxy) is 1. The zero-order valence-electron chi connectivity index (χ0n) is 9.01. The van der Waals surface area contributed by atoms with Gasteiger partial charge >= 0.3 is 21.1 Å². The van der Waals surface area contributed by atoms with E-state index in [9.17, 15) is 0 Å². The first-order valence-electron chi connectivity index (χ1n) is 5.48. The van der Waals surface area contributed by atoms with E-state index in [1.54, 1.807) is 0 Å². The van der Waals surface area contributed by atoms with Gasteiger partial charge in [-0.05, 0) is 32.1 Å². The van der Waals surface area contributed by atoms with Crippen molar-refractivity contribution in [2.24, 2.45) is 0 Å². The third kappa shape index (κ3) is 1.76. The molecule has 1 saturated carbocycles. The van der Waals surface area contributed by atoms with E-state index in [4.69, 9.17) is 4.74 Å². The van der Waals surface area contributed by atoms with Crippen molar-refractivity contribution in [1.82, 2.24) is 0 Å². The number of hydrogen-bond acceptors (Lipinski definition) is 1. The van der Waals surface area contributed by atoms with Crippen LogP contribution in [0.5, 0.6) is 5.75 Å². The van der Waals surface area contributed by atoms with Crippen LogP contribution < -0.4 is 4.74 Å². The molecule has 0 amide bonds. The van der Waals surface area contributed by atoms with Crippen LogP contribution in [0.3, 0.4) is 0 Å². The third-order valence-corrected chi connectivity index (χ3v) is 3.56. The first-order chi connectivity index (χ1) is 6.79. The fourth-order valence-electron chi connectivity index (χ4n) is 2.79. The van der Waals surface area contributed by atoms with Crippen molar-refractivity contribution in [3.63, 3.8) is 0 Å². The number of fused-ring (bicyclic) bond motifs is 1. The molecule has 0 atom stereocenters. The maximum Gasteiger partial charge on any atom is 2.00 e. The molecule has 0 bridgehead atoms. The number of hydrogen-bond donors (Lipinski definition) is 0. The Labute approximate surface area is 105 Å². The van der Waals surface area contributed by atoms with Crippen molar-refractivity contribution in [2.45, 2.75) is 44.6 Å². The van der Waals surface area contributed by atoms with Gasteiger partial charge in [0, 0.05) is 5.75 Å². The van der Waals surface area contributed by atoms with E-state index in [0.717, 1.165) is 12.2 Å². The van der Waals surface area contributed by atoms with Gasteiger partial charge in [-0.25, -0.2) is 0 Å². The summed E-state index contributed by atoms with van der Waals surface area (Å²) in [5.74, 6) is 1.12. The van der Waals surface area contributed by atoms with Crippen LogP contribution in [0.2, 0.25) is 0 Å². The van der Waals surface area contributed by atoms with E-state index in [1.165, 1.54) is 36.8 Å². The maximum absolute atomic E-state index is 6.15. The van der Waals surface area contributed by atoms with E-state index in [1.807, 2.05) is 6.07 Å². The van der Waals surface area contributed by atoms with E-state index in [-0.39, 0.29) is 26.7 Å². The van der Waals surface area contributed by atoms with Gasteiger partial charge in [-0.1, -0.05) is 6.92 Å². The van der Waals surface area contributed by atoms with Gasteiger partial charge in [0.25, 0.3) is 0 Å². The largest absolute Gasteiger partial charge is 2.00 e. The molecule has 3 rings (SSSR count). The predicted octanol–water partition coefficient (Wildman–Crippen LogP) is 3.04. The zero-order chi connectivity index (χ0) is 9.60. The van der Waals surface area contributed by atoms with Gasteiger partial charge in [-0.2, -0.15) is 18.2 Å². The summed E-state index contributed by atoms with van der Waals surface area (Å²) in [5.41, 5.74) is 2.72. The van der Waals surface area contributed by atoms with Gasteiger partial charge in [0.15, 0.2) is 0 Å².